The summed E-state index contributed by atoms with van der Waals surface area (Å²) in [5.74, 6) is 0.491. The number of nitrogens with one attached hydrogen (secondary N) is 1. The van der Waals surface area contributed by atoms with Crippen LogP contribution in [0.2, 0.25) is 0 Å². The molecule has 1 atom stereocenters. The minimum atomic E-state index is -0.195. The predicted molar refractivity (Wildman–Crippen MR) is 113 cm³/mol. The van der Waals surface area contributed by atoms with Crippen LogP contribution < -0.4 is 10.2 Å². The van der Waals surface area contributed by atoms with Gasteiger partial charge in [-0.1, -0.05) is 12.1 Å². The third kappa shape index (κ3) is 6.06. The maximum atomic E-state index is 14.1. The van der Waals surface area contributed by atoms with Gasteiger partial charge in [0.15, 0.2) is 5.96 Å². The maximum Gasteiger partial charge on any atom is 0.243 e. The Kier molecular flexibility index (Phi) is 7.69. The largest absolute Gasteiger partial charge is 0.376 e. The number of para-hydroxylation sites is 1. The number of anilines is 1. The minimum absolute atomic E-state index is 0.0387. The summed E-state index contributed by atoms with van der Waals surface area (Å²) in [4.78, 5) is 22.3. The fourth-order valence-corrected chi connectivity index (χ4v) is 3.59. The molecule has 0 spiro atoms. The first-order valence-corrected chi connectivity index (χ1v) is 10.4. The van der Waals surface area contributed by atoms with Gasteiger partial charge in [-0.2, -0.15) is 0 Å². The van der Waals surface area contributed by atoms with Gasteiger partial charge in [0.2, 0.25) is 5.91 Å². The van der Waals surface area contributed by atoms with E-state index in [0.29, 0.717) is 38.4 Å². The van der Waals surface area contributed by atoms with E-state index in [0.717, 1.165) is 25.4 Å². The van der Waals surface area contributed by atoms with Crippen LogP contribution in [0.15, 0.2) is 29.3 Å². The van der Waals surface area contributed by atoms with Crippen molar-refractivity contribution in [3.63, 3.8) is 0 Å². The van der Waals surface area contributed by atoms with Crippen LogP contribution in [0, 0.1) is 5.82 Å². The molecular formula is C21H32FN5O2. The van der Waals surface area contributed by atoms with E-state index >= 15 is 0 Å². The Balaban J connectivity index is 1.61. The number of hydrogen-bond donors (Lipinski definition) is 1. The van der Waals surface area contributed by atoms with E-state index in [-0.39, 0.29) is 24.4 Å². The number of halogens is 1. The van der Waals surface area contributed by atoms with Crippen molar-refractivity contribution in [3.05, 3.63) is 30.1 Å². The van der Waals surface area contributed by atoms with Crippen molar-refractivity contribution in [2.75, 3.05) is 64.9 Å². The van der Waals surface area contributed by atoms with Crippen LogP contribution in [0.3, 0.4) is 0 Å². The highest BCUT2D eigenvalue weighted by atomic mass is 19.1. The zero-order chi connectivity index (χ0) is 20.6. The van der Waals surface area contributed by atoms with E-state index in [9.17, 15) is 9.18 Å². The molecule has 1 aromatic rings. The SMILES string of the molecule is CN(C)C(=O)CN=C(NCC1CCCCO1)N1CCN(c2ccccc2F)CC1. The summed E-state index contributed by atoms with van der Waals surface area (Å²) < 4.78 is 19.9. The van der Waals surface area contributed by atoms with Crippen LogP contribution in [0.1, 0.15) is 19.3 Å². The van der Waals surface area contributed by atoms with Gasteiger partial charge in [-0.3, -0.25) is 4.79 Å². The van der Waals surface area contributed by atoms with Gasteiger partial charge in [-0.25, -0.2) is 9.38 Å². The second kappa shape index (κ2) is 10.4. The molecule has 1 aromatic carbocycles. The summed E-state index contributed by atoms with van der Waals surface area (Å²) in [6, 6.07) is 6.87. The number of ether oxygens (including phenoxy) is 1. The van der Waals surface area contributed by atoms with Crippen LogP contribution in [0.4, 0.5) is 10.1 Å². The summed E-state index contributed by atoms with van der Waals surface area (Å²) in [5, 5.41) is 3.41. The number of guanidine groups is 1. The summed E-state index contributed by atoms with van der Waals surface area (Å²) in [7, 11) is 3.46. The number of hydrogen-bond acceptors (Lipinski definition) is 4. The Morgan fingerprint density at radius 2 is 2.00 bits per heavy atom. The van der Waals surface area contributed by atoms with Crippen LogP contribution >= 0.6 is 0 Å². The lowest BCUT2D eigenvalue weighted by Gasteiger charge is -2.38. The van der Waals surface area contributed by atoms with Gasteiger partial charge >= 0.3 is 0 Å². The Hall–Kier alpha value is -2.35. The number of nitrogens with zero attached hydrogens (tertiary/aromatic N) is 4. The van der Waals surface area contributed by atoms with Crippen LogP contribution in [-0.4, -0.2) is 87.7 Å². The van der Waals surface area contributed by atoms with E-state index in [1.54, 1.807) is 25.1 Å². The Bertz CT molecular complexity index is 698. The van der Waals surface area contributed by atoms with Crippen molar-refractivity contribution in [3.8, 4) is 0 Å². The second-order valence-corrected chi connectivity index (χ2v) is 7.72. The van der Waals surface area contributed by atoms with Gasteiger partial charge in [0.1, 0.15) is 12.4 Å². The molecule has 2 saturated heterocycles. The molecule has 2 aliphatic rings. The summed E-state index contributed by atoms with van der Waals surface area (Å²) in [5.41, 5.74) is 0.636. The van der Waals surface area contributed by atoms with Gasteiger partial charge in [0.05, 0.1) is 11.8 Å². The summed E-state index contributed by atoms with van der Waals surface area (Å²) in [6.45, 7) is 4.41. The highest BCUT2D eigenvalue weighted by Crippen LogP contribution is 2.20. The first kappa shape index (κ1) is 21.4. The molecular weight excluding hydrogens is 373 g/mol. The standard InChI is InChI=1S/C21H32FN5O2/c1-25(2)20(28)16-24-21(23-15-17-7-5-6-14-29-17)27-12-10-26(11-13-27)19-9-4-3-8-18(19)22/h3-4,8-9,17H,5-7,10-16H2,1-2H3,(H,23,24). The number of rotatable bonds is 5. The van der Waals surface area contributed by atoms with Gasteiger partial charge in [0, 0.05) is 53.4 Å². The highest BCUT2D eigenvalue weighted by molar-refractivity contribution is 5.85. The minimum Gasteiger partial charge on any atom is -0.376 e. The van der Waals surface area contributed by atoms with Crippen LogP contribution in [0.5, 0.6) is 0 Å². The fraction of sp³-hybridized carbons (Fsp3) is 0.619. The Labute approximate surface area is 172 Å². The zero-order valence-corrected chi connectivity index (χ0v) is 17.4. The smallest absolute Gasteiger partial charge is 0.243 e. The van der Waals surface area contributed by atoms with Crippen molar-refractivity contribution in [1.82, 2.24) is 15.1 Å². The van der Waals surface area contributed by atoms with Crippen LogP contribution in [0.25, 0.3) is 0 Å². The molecule has 7 nitrogen and oxygen atoms in total. The lowest BCUT2D eigenvalue weighted by molar-refractivity contribution is -0.127. The summed E-state index contributed by atoms with van der Waals surface area (Å²) >= 11 is 0. The van der Waals surface area contributed by atoms with Gasteiger partial charge in [0.25, 0.3) is 0 Å². The molecule has 2 heterocycles. The topological polar surface area (TPSA) is 60.4 Å². The maximum absolute atomic E-state index is 14.1. The van der Waals surface area contributed by atoms with Crippen molar-refractivity contribution in [2.24, 2.45) is 4.99 Å². The normalized spacial score (nSPS) is 20.5. The number of carbonyl (C=O) groups excluding carboxylic acids is 1. The van der Waals surface area contributed by atoms with E-state index in [4.69, 9.17) is 4.74 Å². The van der Waals surface area contributed by atoms with Crippen molar-refractivity contribution in [2.45, 2.75) is 25.4 Å². The third-order valence-electron chi connectivity index (χ3n) is 5.40. The molecule has 2 aliphatic heterocycles. The van der Waals surface area contributed by atoms with E-state index in [1.165, 1.54) is 12.5 Å². The summed E-state index contributed by atoms with van der Waals surface area (Å²) in [6.07, 6.45) is 3.52. The highest BCUT2D eigenvalue weighted by Gasteiger charge is 2.23. The third-order valence-corrected chi connectivity index (χ3v) is 5.40. The number of likely N-dealkylation sites (N-methyl/N-ethyl adjacent to an activating group) is 1. The molecule has 160 valence electrons. The van der Waals surface area contributed by atoms with Crippen molar-refractivity contribution >= 4 is 17.6 Å². The molecule has 3 rings (SSSR count). The lowest BCUT2D eigenvalue weighted by atomic mass is 10.1. The fourth-order valence-electron chi connectivity index (χ4n) is 3.59. The predicted octanol–water partition coefficient (Wildman–Crippen LogP) is 1.55. The monoisotopic (exact) mass is 405 g/mol. The zero-order valence-electron chi connectivity index (χ0n) is 17.4. The van der Waals surface area contributed by atoms with E-state index in [1.807, 2.05) is 12.1 Å². The average molecular weight is 406 g/mol. The molecule has 1 N–H and O–H groups in total. The number of aliphatic imine (C=N–C) groups is 1. The van der Waals surface area contributed by atoms with Crippen molar-refractivity contribution in [1.29, 1.82) is 0 Å². The number of benzene rings is 1. The molecule has 0 aliphatic carbocycles. The molecule has 2 fully saturated rings. The van der Waals surface area contributed by atoms with E-state index < -0.39 is 0 Å². The van der Waals surface area contributed by atoms with Gasteiger partial charge in [-0.15, -0.1) is 0 Å². The Morgan fingerprint density at radius 1 is 1.24 bits per heavy atom. The Morgan fingerprint density at radius 3 is 2.66 bits per heavy atom. The number of carbonyl (C=O) groups is 1. The molecule has 1 amide bonds. The second-order valence-electron chi connectivity index (χ2n) is 7.72. The molecule has 0 aromatic heterocycles. The molecule has 8 heteroatoms. The molecule has 0 bridgehead atoms. The van der Waals surface area contributed by atoms with E-state index in [2.05, 4.69) is 20.1 Å². The van der Waals surface area contributed by atoms with Crippen LogP contribution in [-0.2, 0) is 9.53 Å². The molecule has 1 unspecified atom stereocenters. The van der Waals surface area contributed by atoms with Gasteiger partial charge < -0.3 is 24.8 Å². The van der Waals surface area contributed by atoms with Gasteiger partial charge in [-0.05, 0) is 31.4 Å². The lowest BCUT2D eigenvalue weighted by Crippen LogP contribution is -2.54. The molecule has 0 radical (unpaired) electrons. The average Bonchev–Trinajstić information content (AvgIpc) is 2.75. The first-order valence-electron chi connectivity index (χ1n) is 10.4. The first-order chi connectivity index (χ1) is 14.0. The molecule has 0 saturated carbocycles. The number of piperazine rings is 1. The van der Waals surface area contributed by atoms with Crippen molar-refractivity contribution < 1.29 is 13.9 Å². The quantitative estimate of drug-likeness (QED) is 0.595. The number of amides is 1. The molecule has 29 heavy (non-hydrogen) atoms.